The van der Waals surface area contributed by atoms with Crippen molar-refractivity contribution in [2.24, 2.45) is 0 Å². The van der Waals surface area contributed by atoms with Crippen molar-refractivity contribution in [2.45, 2.75) is 5.03 Å². The van der Waals surface area contributed by atoms with E-state index in [-0.39, 0.29) is 11.7 Å². The number of amides is 1. The number of fused-ring (bicyclic) bond motifs is 1. The summed E-state index contributed by atoms with van der Waals surface area (Å²) in [4.78, 5) is 21.3. The molecule has 9 heteroatoms. The van der Waals surface area contributed by atoms with Crippen LogP contribution in [0.5, 0.6) is 17.2 Å². The minimum absolute atomic E-state index is 0.138. The van der Waals surface area contributed by atoms with Gasteiger partial charge in [0.25, 0.3) is 0 Å². The Bertz CT molecular complexity index is 1440. The first-order valence-electron chi connectivity index (χ1n) is 10.8. The predicted octanol–water partition coefficient (Wildman–Crippen LogP) is 5.35. The molecule has 0 saturated heterocycles. The standard InChI is InChI=1S/C26H21N5O3S/c1-33-20-13-9-19(10-14-20)31-25-23(15-29-31)26(28-17-27-25)35-16-24(32)30-18-7-11-22(12-8-18)34-21-5-3-2-4-6-21/h2-15,17H,16H2,1H3,(H,30,32). The minimum Gasteiger partial charge on any atom is -0.497 e. The molecular weight excluding hydrogens is 462 g/mol. The Balaban J connectivity index is 1.22. The Morgan fingerprint density at radius 1 is 0.914 bits per heavy atom. The number of hydrogen-bond donors (Lipinski definition) is 1. The summed E-state index contributed by atoms with van der Waals surface area (Å²) in [5.74, 6) is 2.27. The molecule has 0 bridgehead atoms. The molecule has 0 aliphatic carbocycles. The molecule has 0 aliphatic rings. The summed E-state index contributed by atoms with van der Waals surface area (Å²) in [5.41, 5.74) is 2.21. The van der Waals surface area contributed by atoms with E-state index in [4.69, 9.17) is 9.47 Å². The van der Waals surface area contributed by atoms with Crippen LogP contribution in [-0.4, -0.2) is 38.5 Å². The van der Waals surface area contributed by atoms with Gasteiger partial charge in [-0.3, -0.25) is 4.79 Å². The van der Waals surface area contributed by atoms with Crippen LogP contribution in [0.4, 0.5) is 5.69 Å². The van der Waals surface area contributed by atoms with Crippen LogP contribution in [0.3, 0.4) is 0 Å². The first-order chi connectivity index (χ1) is 17.2. The zero-order chi connectivity index (χ0) is 24.0. The van der Waals surface area contributed by atoms with Crippen LogP contribution in [0.15, 0.2) is 96.4 Å². The van der Waals surface area contributed by atoms with Crippen molar-refractivity contribution in [1.29, 1.82) is 0 Å². The van der Waals surface area contributed by atoms with E-state index in [1.54, 1.807) is 18.0 Å². The fourth-order valence-electron chi connectivity index (χ4n) is 3.41. The Morgan fingerprint density at radius 3 is 2.37 bits per heavy atom. The molecule has 0 saturated carbocycles. The van der Waals surface area contributed by atoms with Gasteiger partial charge in [-0.15, -0.1) is 0 Å². The highest BCUT2D eigenvalue weighted by molar-refractivity contribution is 8.00. The second-order valence-corrected chi connectivity index (χ2v) is 8.41. The summed E-state index contributed by atoms with van der Waals surface area (Å²) in [7, 11) is 1.63. The molecule has 1 N–H and O–H groups in total. The van der Waals surface area contributed by atoms with Gasteiger partial charge < -0.3 is 14.8 Å². The van der Waals surface area contributed by atoms with Crippen molar-refractivity contribution < 1.29 is 14.3 Å². The molecule has 1 amide bonds. The third kappa shape index (κ3) is 5.25. The van der Waals surface area contributed by atoms with Crippen LogP contribution in [0.1, 0.15) is 0 Å². The number of carbonyl (C=O) groups excluding carboxylic acids is 1. The van der Waals surface area contributed by atoms with Crippen molar-refractivity contribution in [2.75, 3.05) is 18.2 Å². The molecule has 0 unspecified atom stereocenters. The van der Waals surface area contributed by atoms with Gasteiger partial charge in [-0.2, -0.15) is 5.10 Å². The largest absolute Gasteiger partial charge is 0.497 e. The number of benzene rings is 3. The van der Waals surface area contributed by atoms with Crippen molar-refractivity contribution in [3.8, 4) is 22.9 Å². The van der Waals surface area contributed by atoms with E-state index in [1.807, 2.05) is 78.9 Å². The zero-order valence-electron chi connectivity index (χ0n) is 18.8. The lowest BCUT2D eigenvalue weighted by Gasteiger charge is -2.08. The van der Waals surface area contributed by atoms with E-state index in [0.717, 1.165) is 22.6 Å². The highest BCUT2D eigenvalue weighted by Crippen LogP contribution is 2.27. The third-order valence-electron chi connectivity index (χ3n) is 5.10. The first kappa shape index (κ1) is 22.4. The van der Waals surface area contributed by atoms with E-state index < -0.39 is 0 Å². The summed E-state index contributed by atoms with van der Waals surface area (Å²) in [5, 5.41) is 8.84. The average molecular weight is 484 g/mol. The molecule has 0 radical (unpaired) electrons. The van der Waals surface area contributed by atoms with Crippen LogP contribution in [0.25, 0.3) is 16.7 Å². The number of nitrogens with one attached hydrogen (secondary N) is 1. The Hall–Kier alpha value is -4.37. The van der Waals surface area contributed by atoms with Gasteiger partial charge in [-0.05, 0) is 60.7 Å². The molecule has 35 heavy (non-hydrogen) atoms. The molecule has 0 spiro atoms. The summed E-state index contributed by atoms with van der Waals surface area (Å²) in [6.07, 6.45) is 3.20. The number of ether oxygens (including phenoxy) is 2. The number of para-hydroxylation sites is 1. The van der Waals surface area contributed by atoms with Crippen LogP contribution in [-0.2, 0) is 4.79 Å². The Kier molecular flexibility index (Phi) is 6.58. The number of rotatable bonds is 8. The number of thioether (sulfide) groups is 1. The maximum atomic E-state index is 12.5. The van der Waals surface area contributed by atoms with Crippen molar-refractivity contribution in [3.63, 3.8) is 0 Å². The van der Waals surface area contributed by atoms with Crippen molar-refractivity contribution in [1.82, 2.24) is 19.7 Å². The fraction of sp³-hybridized carbons (Fsp3) is 0.0769. The predicted molar refractivity (Wildman–Crippen MR) is 136 cm³/mol. The molecule has 8 nitrogen and oxygen atoms in total. The number of methoxy groups -OCH3 is 1. The van der Waals surface area contributed by atoms with Gasteiger partial charge in [-0.1, -0.05) is 30.0 Å². The van der Waals surface area contributed by atoms with Gasteiger partial charge in [0.15, 0.2) is 5.65 Å². The molecule has 2 heterocycles. The quantitative estimate of drug-likeness (QED) is 0.235. The van der Waals surface area contributed by atoms with Gasteiger partial charge >= 0.3 is 0 Å². The molecule has 3 aromatic carbocycles. The Labute approximate surface area is 205 Å². The van der Waals surface area contributed by atoms with Gasteiger partial charge in [0, 0.05) is 5.69 Å². The van der Waals surface area contributed by atoms with E-state index in [2.05, 4.69) is 20.4 Å². The number of nitrogens with zero attached hydrogens (tertiary/aromatic N) is 4. The van der Waals surface area contributed by atoms with E-state index in [1.165, 1.54) is 18.1 Å². The van der Waals surface area contributed by atoms with E-state index in [9.17, 15) is 4.79 Å². The molecule has 0 fully saturated rings. The number of hydrogen-bond acceptors (Lipinski definition) is 7. The van der Waals surface area contributed by atoms with E-state index >= 15 is 0 Å². The summed E-state index contributed by atoms with van der Waals surface area (Å²) >= 11 is 1.34. The van der Waals surface area contributed by atoms with Crippen molar-refractivity contribution in [3.05, 3.63) is 91.4 Å². The highest BCUT2D eigenvalue weighted by atomic mass is 32.2. The molecule has 0 aliphatic heterocycles. The molecule has 5 aromatic rings. The lowest BCUT2D eigenvalue weighted by Crippen LogP contribution is -2.14. The van der Waals surface area contributed by atoms with Crippen molar-refractivity contribution >= 4 is 34.4 Å². The maximum Gasteiger partial charge on any atom is 0.234 e. The summed E-state index contributed by atoms with van der Waals surface area (Å²) in [6, 6.07) is 24.3. The summed E-state index contributed by atoms with van der Waals surface area (Å²) < 4.78 is 12.7. The van der Waals surface area contributed by atoms with Crippen LogP contribution in [0.2, 0.25) is 0 Å². The van der Waals surface area contributed by atoms with Gasteiger partial charge in [0.1, 0.15) is 28.6 Å². The highest BCUT2D eigenvalue weighted by Gasteiger charge is 2.13. The van der Waals surface area contributed by atoms with Crippen LogP contribution in [0, 0.1) is 0 Å². The molecule has 174 valence electrons. The lowest BCUT2D eigenvalue weighted by atomic mass is 10.3. The van der Waals surface area contributed by atoms with Crippen LogP contribution < -0.4 is 14.8 Å². The SMILES string of the molecule is COc1ccc(-n2ncc3c(SCC(=O)Nc4ccc(Oc5ccccc5)cc4)ncnc32)cc1. The molecular formula is C26H21N5O3S. The number of aromatic nitrogens is 4. The third-order valence-corrected chi connectivity index (χ3v) is 6.11. The van der Waals surface area contributed by atoms with Crippen LogP contribution >= 0.6 is 11.8 Å². The number of anilines is 1. The zero-order valence-corrected chi connectivity index (χ0v) is 19.6. The van der Waals surface area contributed by atoms with Gasteiger partial charge in [0.05, 0.1) is 30.1 Å². The summed E-state index contributed by atoms with van der Waals surface area (Å²) in [6.45, 7) is 0. The lowest BCUT2D eigenvalue weighted by molar-refractivity contribution is -0.113. The van der Waals surface area contributed by atoms with Gasteiger partial charge in [-0.25, -0.2) is 14.6 Å². The first-order valence-corrected chi connectivity index (χ1v) is 11.8. The minimum atomic E-state index is -0.138. The average Bonchev–Trinajstić information content (AvgIpc) is 3.34. The topological polar surface area (TPSA) is 91.2 Å². The smallest absolute Gasteiger partial charge is 0.234 e. The fourth-order valence-corrected chi connectivity index (χ4v) is 4.17. The second kappa shape index (κ2) is 10.3. The van der Waals surface area contributed by atoms with Gasteiger partial charge in [0.2, 0.25) is 5.91 Å². The monoisotopic (exact) mass is 483 g/mol. The van der Waals surface area contributed by atoms with E-state index in [0.29, 0.717) is 22.1 Å². The Morgan fingerprint density at radius 2 is 1.63 bits per heavy atom. The second-order valence-electron chi connectivity index (χ2n) is 7.45. The normalized spacial score (nSPS) is 10.8. The maximum absolute atomic E-state index is 12.5. The molecule has 5 rings (SSSR count). The molecule has 0 atom stereocenters. The molecule has 2 aromatic heterocycles. The number of carbonyl (C=O) groups is 1.